The topological polar surface area (TPSA) is 35.6 Å². The van der Waals surface area contributed by atoms with E-state index in [2.05, 4.69) is 252 Å². The lowest BCUT2D eigenvalue weighted by atomic mass is 10.0. The Morgan fingerprint density at radius 3 is 0.868 bits per heavy atom. The summed E-state index contributed by atoms with van der Waals surface area (Å²) in [4.78, 5) is 9.99. The SMILES string of the molecule is c1ccc(-c2cccc(-c3ccc(-c4ccc(-n5c6ccccc6c6ccc7c8ccccc8n(-c8ccc(-c9ccc(-c%10cccc(-c%11ccccc%11)n%10)cc9)cc8)c7c65)cc4)cc3)n2)cc1. The van der Waals surface area contributed by atoms with Crippen LogP contribution in [0.5, 0.6) is 0 Å². The first-order valence-electron chi connectivity index (χ1n) is 23.1. The standard InChI is InChI=1S/C64H42N4/c1-3-13-47(14-4-1)57-19-11-21-59(65-57)49-29-25-43(26-30-49)45-33-37-51(38-34-45)67-61-23-9-7-17-53(61)55-41-42-56-54-18-8-10-24-62(54)68(64(56)63(55)67)52-39-35-46(36-40-52)44-27-31-50(32-28-44)60-22-12-20-58(66-60)48-15-5-2-6-16-48/h1-42H. The Labute approximate surface area is 394 Å². The molecule has 68 heavy (non-hydrogen) atoms. The Morgan fingerprint density at radius 2 is 0.500 bits per heavy atom. The molecule has 4 heteroatoms. The Kier molecular flexibility index (Phi) is 9.47. The minimum Gasteiger partial charge on any atom is -0.307 e. The highest BCUT2D eigenvalue weighted by Gasteiger charge is 2.21. The Bertz CT molecular complexity index is 3700. The molecule has 0 N–H and O–H groups in total. The van der Waals surface area contributed by atoms with Gasteiger partial charge in [0.2, 0.25) is 0 Å². The van der Waals surface area contributed by atoms with Crippen LogP contribution in [0.2, 0.25) is 0 Å². The van der Waals surface area contributed by atoms with Crippen molar-refractivity contribution in [3.8, 4) is 78.7 Å². The molecule has 4 heterocycles. The van der Waals surface area contributed by atoms with E-state index in [9.17, 15) is 0 Å². The molecule has 4 nitrogen and oxygen atoms in total. The van der Waals surface area contributed by atoms with Crippen molar-refractivity contribution in [2.75, 3.05) is 0 Å². The molecule has 0 aliphatic carbocycles. The summed E-state index contributed by atoms with van der Waals surface area (Å²) >= 11 is 0. The van der Waals surface area contributed by atoms with Gasteiger partial charge in [0, 0.05) is 55.2 Å². The van der Waals surface area contributed by atoms with E-state index in [1.807, 2.05) is 12.1 Å². The summed E-state index contributed by atoms with van der Waals surface area (Å²) in [6.07, 6.45) is 0. The number of fused-ring (bicyclic) bond motifs is 7. The molecule has 0 aliphatic rings. The van der Waals surface area contributed by atoms with Gasteiger partial charge in [0.05, 0.1) is 44.8 Å². The number of hydrogen-bond donors (Lipinski definition) is 0. The van der Waals surface area contributed by atoms with Crippen molar-refractivity contribution in [3.63, 3.8) is 0 Å². The van der Waals surface area contributed by atoms with E-state index in [0.717, 1.165) is 78.7 Å². The van der Waals surface area contributed by atoms with Gasteiger partial charge in [-0.05, 0) is 82.9 Å². The molecule has 0 aliphatic heterocycles. The summed E-state index contributed by atoms with van der Waals surface area (Å²) in [5.74, 6) is 0. The Balaban J connectivity index is 0.868. The molecule has 0 unspecified atom stereocenters. The summed E-state index contributed by atoms with van der Waals surface area (Å²) in [5.41, 5.74) is 19.9. The summed E-state index contributed by atoms with van der Waals surface area (Å²) in [6, 6.07) is 91.0. The largest absolute Gasteiger partial charge is 0.307 e. The van der Waals surface area contributed by atoms with Crippen LogP contribution < -0.4 is 0 Å². The van der Waals surface area contributed by atoms with Crippen molar-refractivity contribution in [3.05, 3.63) is 255 Å². The minimum absolute atomic E-state index is 0.962. The zero-order valence-electron chi connectivity index (χ0n) is 37.0. The molecule has 0 atom stereocenters. The van der Waals surface area contributed by atoms with Crippen LogP contribution in [0.4, 0.5) is 0 Å². The second kappa shape index (κ2) is 16.4. The zero-order valence-corrected chi connectivity index (χ0v) is 37.0. The van der Waals surface area contributed by atoms with Crippen molar-refractivity contribution >= 4 is 43.6 Å². The predicted molar refractivity (Wildman–Crippen MR) is 283 cm³/mol. The van der Waals surface area contributed by atoms with Gasteiger partial charge in [0.1, 0.15) is 0 Å². The molecule has 0 fully saturated rings. The third-order valence-corrected chi connectivity index (χ3v) is 13.4. The van der Waals surface area contributed by atoms with Gasteiger partial charge in [-0.1, -0.05) is 194 Å². The molecule has 318 valence electrons. The molecular formula is C64H42N4. The minimum atomic E-state index is 0.962. The predicted octanol–water partition coefficient (Wildman–Crippen LogP) is 16.7. The van der Waals surface area contributed by atoms with Crippen LogP contribution in [0.15, 0.2) is 255 Å². The first-order valence-corrected chi connectivity index (χ1v) is 23.1. The fraction of sp³-hybridized carbons (Fsp3) is 0. The fourth-order valence-electron chi connectivity index (χ4n) is 10.0. The summed E-state index contributed by atoms with van der Waals surface area (Å²) in [6.45, 7) is 0. The fourth-order valence-corrected chi connectivity index (χ4v) is 10.0. The molecule has 0 radical (unpaired) electrons. The number of rotatable bonds is 8. The lowest BCUT2D eigenvalue weighted by molar-refractivity contribution is 1.15. The number of aromatic nitrogens is 4. The van der Waals surface area contributed by atoms with Crippen molar-refractivity contribution in [1.82, 2.24) is 19.1 Å². The van der Waals surface area contributed by atoms with Gasteiger partial charge >= 0.3 is 0 Å². The van der Waals surface area contributed by atoms with Gasteiger partial charge in [-0.15, -0.1) is 0 Å². The average Bonchev–Trinajstić information content (AvgIpc) is 3.95. The van der Waals surface area contributed by atoms with Crippen LogP contribution in [-0.2, 0) is 0 Å². The molecule has 0 amide bonds. The number of para-hydroxylation sites is 2. The van der Waals surface area contributed by atoms with E-state index < -0.39 is 0 Å². The van der Waals surface area contributed by atoms with Crippen molar-refractivity contribution in [2.24, 2.45) is 0 Å². The van der Waals surface area contributed by atoms with Crippen LogP contribution in [0.25, 0.3) is 122 Å². The Hall–Kier alpha value is -9.12. The first kappa shape index (κ1) is 39.3. The molecule has 0 saturated heterocycles. The van der Waals surface area contributed by atoms with E-state index in [-0.39, 0.29) is 0 Å². The van der Waals surface area contributed by atoms with Gasteiger partial charge < -0.3 is 9.13 Å². The molecule has 13 rings (SSSR count). The third-order valence-electron chi connectivity index (χ3n) is 13.4. The van der Waals surface area contributed by atoms with Gasteiger partial charge in [-0.3, -0.25) is 0 Å². The molecular weight excluding hydrogens is 825 g/mol. The highest BCUT2D eigenvalue weighted by Crippen LogP contribution is 2.42. The van der Waals surface area contributed by atoms with E-state index in [1.165, 1.54) is 43.6 Å². The average molecular weight is 867 g/mol. The van der Waals surface area contributed by atoms with E-state index in [1.54, 1.807) is 0 Å². The normalized spacial score (nSPS) is 11.5. The summed E-state index contributed by atoms with van der Waals surface area (Å²) in [7, 11) is 0. The number of hydrogen-bond acceptors (Lipinski definition) is 2. The zero-order chi connectivity index (χ0) is 45.0. The van der Waals surface area contributed by atoms with Crippen LogP contribution >= 0.6 is 0 Å². The van der Waals surface area contributed by atoms with Crippen LogP contribution in [0.1, 0.15) is 0 Å². The highest BCUT2D eigenvalue weighted by atomic mass is 15.0. The maximum Gasteiger partial charge on any atom is 0.0788 e. The molecule has 13 aromatic rings. The maximum atomic E-state index is 5.00. The molecule has 4 aromatic heterocycles. The maximum absolute atomic E-state index is 5.00. The molecule has 9 aromatic carbocycles. The second-order valence-corrected chi connectivity index (χ2v) is 17.4. The highest BCUT2D eigenvalue weighted by molar-refractivity contribution is 6.23. The number of nitrogens with zero attached hydrogens (tertiary/aromatic N) is 4. The van der Waals surface area contributed by atoms with Crippen LogP contribution in [0, 0.1) is 0 Å². The van der Waals surface area contributed by atoms with Gasteiger partial charge in [0.15, 0.2) is 0 Å². The molecule has 0 spiro atoms. The lowest BCUT2D eigenvalue weighted by Crippen LogP contribution is -1.99. The number of pyridine rings is 2. The monoisotopic (exact) mass is 866 g/mol. The summed E-state index contributed by atoms with van der Waals surface area (Å²) < 4.78 is 4.92. The van der Waals surface area contributed by atoms with Gasteiger partial charge in [-0.25, -0.2) is 9.97 Å². The van der Waals surface area contributed by atoms with Crippen molar-refractivity contribution in [2.45, 2.75) is 0 Å². The van der Waals surface area contributed by atoms with Crippen molar-refractivity contribution < 1.29 is 0 Å². The smallest absolute Gasteiger partial charge is 0.0788 e. The molecule has 0 saturated carbocycles. The molecule has 0 bridgehead atoms. The third kappa shape index (κ3) is 6.78. The summed E-state index contributed by atoms with van der Waals surface area (Å²) in [5, 5.41) is 4.91. The van der Waals surface area contributed by atoms with Gasteiger partial charge in [-0.2, -0.15) is 0 Å². The second-order valence-electron chi connectivity index (χ2n) is 17.4. The van der Waals surface area contributed by atoms with Crippen molar-refractivity contribution in [1.29, 1.82) is 0 Å². The van der Waals surface area contributed by atoms with Crippen LogP contribution in [0.3, 0.4) is 0 Å². The Morgan fingerprint density at radius 1 is 0.206 bits per heavy atom. The number of benzene rings is 9. The van der Waals surface area contributed by atoms with E-state index in [0.29, 0.717) is 0 Å². The first-order chi connectivity index (χ1) is 33.7. The van der Waals surface area contributed by atoms with Crippen LogP contribution in [-0.4, -0.2) is 19.1 Å². The van der Waals surface area contributed by atoms with E-state index in [4.69, 9.17) is 9.97 Å². The van der Waals surface area contributed by atoms with E-state index >= 15 is 0 Å². The quantitative estimate of drug-likeness (QED) is 0.153. The van der Waals surface area contributed by atoms with Gasteiger partial charge in [0.25, 0.3) is 0 Å². The lowest BCUT2D eigenvalue weighted by Gasteiger charge is -2.14.